The number of H-pyrrole nitrogens is 1. The van der Waals surface area contributed by atoms with Crippen LogP contribution < -0.4 is 10.2 Å². The van der Waals surface area contributed by atoms with Gasteiger partial charge in [0.2, 0.25) is 11.9 Å². The van der Waals surface area contributed by atoms with Gasteiger partial charge in [0.05, 0.1) is 35.7 Å². The number of anilines is 1. The Morgan fingerprint density at radius 1 is 1.22 bits per heavy atom. The third-order valence-electron chi connectivity index (χ3n) is 6.49. The smallest absolute Gasteiger partial charge is 0.227 e. The second kappa shape index (κ2) is 9.48. The van der Waals surface area contributed by atoms with Crippen molar-refractivity contribution in [3.8, 4) is 5.82 Å². The average molecular weight is 490 g/mol. The molecular weight excluding hydrogens is 461 g/mol. The molecule has 0 saturated carbocycles. The van der Waals surface area contributed by atoms with Crippen LogP contribution in [-0.2, 0) is 11.2 Å². The monoisotopic (exact) mass is 489 g/mol. The van der Waals surface area contributed by atoms with E-state index in [1.165, 1.54) is 10.9 Å². The lowest BCUT2D eigenvalue weighted by atomic mass is 9.89. The number of pyridine rings is 1. The molecule has 186 valence electrons. The highest BCUT2D eigenvalue weighted by Crippen LogP contribution is 2.30. The maximum atomic E-state index is 13.2. The van der Waals surface area contributed by atoms with Crippen LogP contribution in [0.15, 0.2) is 42.9 Å². The third kappa shape index (κ3) is 4.81. The largest absolute Gasteiger partial charge is 0.349 e. The van der Waals surface area contributed by atoms with Crippen molar-refractivity contribution in [2.45, 2.75) is 46.2 Å². The minimum Gasteiger partial charge on any atom is -0.349 e. The van der Waals surface area contributed by atoms with Gasteiger partial charge in [-0.1, -0.05) is 6.07 Å². The Morgan fingerprint density at radius 2 is 2.06 bits per heavy atom. The molecule has 0 aliphatic carbocycles. The van der Waals surface area contributed by atoms with E-state index < -0.39 is 5.82 Å². The first-order chi connectivity index (χ1) is 17.3. The number of nitrogens with one attached hydrogen (secondary N) is 2. The van der Waals surface area contributed by atoms with Gasteiger partial charge in [-0.2, -0.15) is 10.2 Å². The summed E-state index contributed by atoms with van der Waals surface area (Å²) in [6.45, 7) is 8.39. The van der Waals surface area contributed by atoms with E-state index in [0.29, 0.717) is 24.7 Å². The Kier molecular flexibility index (Phi) is 6.21. The molecule has 3 atom stereocenters. The van der Waals surface area contributed by atoms with Crippen LogP contribution in [0.4, 0.5) is 10.3 Å². The van der Waals surface area contributed by atoms with E-state index in [4.69, 9.17) is 4.98 Å². The van der Waals surface area contributed by atoms with Crippen LogP contribution in [0.25, 0.3) is 5.82 Å². The lowest BCUT2D eigenvalue weighted by Crippen LogP contribution is -2.61. The molecule has 0 spiro atoms. The lowest BCUT2D eigenvalue weighted by molar-refractivity contribution is -0.127. The number of halogens is 1. The summed E-state index contributed by atoms with van der Waals surface area (Å²) in [5, 5.41) is 14.2. The number of carbonyl (C=O) groups is 1. The molecule has 36 heavy (non-hydrogen) atoms. The zero-order valence-corrected chi connectivity index (χ0v) is 20.6. The average Bonchev–Trinajstić information content (AvgIpc) is 3.45. The standard InChI is InChI=1S/C25H28FN9O/c1-14-7-20(9-21-8-15(2)32-33-21)31-25(29-14)34-13-22(17(34)4)24(36)30-16(3)18-5-6-23(27-10-18)35-12-19(26)11-28-35/h5-8,10-12,16-17,22H,9,13H2,1-4H3,(H,30,36)(H,32,33)/t16-,17-,22+/m0/s1. The molecule has 4 aromatic heterocycles. The molecule has 0 radical (unpaired) electrons. The van der Waals surface area contributed by atoms with Crippen LogP contribution in [0.2, 0.25) is 0 Å². The van der Waals surface area contributed by atoms with Crippen LogP contribution in [0.3, 0.4) is 0 Å². The Bertz CT molecular complexity index is 1380. The second-order valence-electron chi connectivity index (χ2n) is 9.30. The van der Waals surface area contributed by atoms with E-state index in [1.807, 2.05) is 45.9 Å². The van der Waals surface area contributed by atoms with Crippen LogP contribution in [0, 0.1) is 25.6 Å². The van der Waals surface area contributed by atoms with Gasteiger partial charge >= 0.3 is 0 Å². The Balaban J connectivity index is 1.20. The number of aromatic nitrogens is 7. The molecule has 1 aliphatic rings. The van der Waals surface area contributed by atoms with Crippen molar-refractivity contribution in [3.05, 3.63) is 77.0 Å². The van der Waals surface area contributed by atoms with Gasteiger partial charge in [0.25, 0.3) is 0 Å². The van der Waals surface area contributed by atoms with E-state index in [9.17, 15) is 9.18 Å². The van der Waals surface area contributed by atoms with Gasteiger partial charge in [-0.3, -0.25) is 9.89 Å². The van der Waals surface area contributed by atoms with Crippen LogP contribution in [0.1, 0.15) is 48.2 Å². The van der Waals surface area contributed by atoms with Gasteiger partial charge in [0, 0.05) is 36.6 Å². The van der Waals surface area contributed by atoms with E-state index in [-0.39, 0.29) is 23.9 Å². The summed E-state index contributed by atoms with van der Waals surface area (Å²) in [5.41, 5.74) is 4.56. The summed E-state index contributed by atoms with van der Waals surface area (Å²) in [6, 6.07) is 7.31. The Hall–Kier alpha value is -4.15. The lowest BCUT2D eigenvalue weighted by Gasteiger charge is -2.45. The number of hydrogen-bond acceptors (Lipinski definition) is 7. The van der Waals surface area contributed by atoms with Crippen LogP contribution in [-0.4, -0.2) is 53.4 Å². The molecule has 11 heteroatoms. The molecular formula is C25H28FN9O. The predicted octanol–water partition coefficient (Wildman–Crippen LogP) is 2.83. The molecule has 5 rings (SSSR count). The quantitative estimate of drug-likeness (QED) is 0.410. The summed E-state index contributed by atoms with van der Waals surface area (Å²) >= 11 is 0. The van der Waals surface area contributed by atoms with Crippen LogP contribution in [0.5, 0.6) is 0 Å². The van der Waals surface area contributed by atoms with Gasteiger partial charge in [0.15, 0.2) is 11.6 Å². The fourth-order valence-corrected chi connectivity index (χ4v) is 4.38. The SMILES string of the molecule is Cc1cc(Cc2cc(C)[nH]n2)nc(N2C[C@@H](C(=O)N[C@@H](C)c3ccc(-n4cc(F)cn4)nc3)[C@@H]2C)n1. The maximum Gasteiger partial charge on any atom is 0.227 e. The molecule has 1 fully saturated rings. The zero-order valence-electron chi connectivity index (χ0n) is 20.6. The minimum absolute atomic E-state index is 0.0238. The molecule has 1 aliphatic heterocycles. The number of rotatable bonds is 7. The van der Waals surface area contributed by atoms with E-state index >= 15 is 0 Å². The van der Waals surface area contributed by atoms with Crippen LogP contribution >= 0.6 is 0 Å². The van der Waals surface area contributed by atoms with Gasteiger partial charge in [-0.25, -0.2) is 24.0 Å². The molecule has 10 nitrogen and oxygen atoms in total. The summed E-state index contributed by atoms with van der Waals surface area (Å²) in [5.74, 6) is 0.518. The van der Waals surface area contributed by atoms with Crippen molar-refractivity contribution in [3.63, 3.8) is 0 Å². The molecule has 2 N–H and O–H groups in total. The van der Waals surface area contributed by atoms with Crippen molar-refractivity contribution in [2.75, 3.05) is 11.4 Å². The van der Waals surface area contributed by atoms with Crippen molar-refractivity contribution >= 4 is 11.9 Å². The first-order valence-corrected chi connectivity index (χ1v) is 11.9. The minimum atomic E-state index is -0.426. The fraction of sp³-hybridized carbons (Fsp3) is 0.360. The first-order valence-electron chi connectivity index (χ1n) is 11.9. The van der Waals surface area contributed by atoms with Crippen molar-refractivity contribution in [2.24, 2.45) is 5.92 Å². The van der Waals surface area contributed by atoms with Crippen molar-refractivity contribution in [1.29, 1.82) is 0 Å². The van der Waals surface area contributed by atoms with E-state index in [2.05, 4.69) is 35.5 Å². The summed E-state index contributed by atoms with van der Waals surface area (Å²) in [7, 11) is 0. The molecule has 4 aromatic rings. The number of hydrogen-bond donors (Lipinski definition) is 2. The molecule has 5 heterocycles. The molecule has 0 aromatic carbocycles. The third-order valence-corrected chi connectivity index (χ3v) is 6.49. The molecule has 0 unspecified atom stereocenters. The molecule has 0 bridgehead atoms. The summed E-state index contributed by atoms with van der Waals surface area (Å²) in [6.07, 6.45) is 4.67. The van der Waals surface area contributed by atoms with E-state index in [0.717, 1.165) is 34.5 Å². The summed E-state index contributed by atoms with van der Waals surface area (Å²) in [4.78, 5) is 28.7. The Morgan fingerprint density at radius 3 is 2.69 bits per heavy atom. The van der Waals surface area contributed by atoms with Gasteiger partial charge < -0.3 is 10.2 Å². The topological polar surface area (TPSA) is 118 Å². The maximum absolute atomic E-state index is 13.2. The first kappa shape index (κ1) is 23.6. The highest BCUT2D eigenvalue weighted by molar-refractivity contribution is 5.82. The molecule has 1 saturated heterocycles. The van der Waals surface area contributed by atoms with E-state index in [1.54, 1.807) is 12.3 Å². The van der Waals surface area contributed by atoms with Gasteiger partial charge in [0.1, 0.15) is 0 Å². The summed E-state index contributed by atoms with van der Waals surface area (Å²) < 4.78 is 14.6. The number of nitrogens with zero attached hydrogens (tertiary/aromatic N) is 7. The van der Waals surface area contributed by atoms with Gasteiger partial charge in [-0.05, 0) is 51.5 Å². The predicted molar refractivity (Wildman–Crippen MR) is 131 cm³/mol. The highest BCUT2D eigenvalue weighted by Gasteiger charge is 2.42. The normalized spacial score (nSPS) is 18.1. The fourth-order valence-electron chi connectivity index (χ4n) is 4.38. The van der Waals surface area contributed by atoms with Crippen molar-refractivity contribution in [1.82, 2.24) is 40.2 Å². The number of aryl methyl sites for hydroxylation is 2. The zero-order chi connectivity index (χ0) is 25.4. The second-order valence-corrected chi connectivity index (χ2v) is 9.30. The number of aromatic amines is 1. The van der Waals surface area contributed by atoms with Crippen molar-refractivity contribution < 1.29 is 9.18 Å². The molecule has 1 amide bonds. The number of carbonyl (C=O) groups excluding carboxylic acids is 1. The number of amides is 1. The van der Waals surface area contributed by atoms with Gasteiger partial charge in [-0.15, -0.1) is 0 Å². The highest BCUT2D eigenvalue weighted by atomic mass is 19.1. The Labute approximate surface area is 208 Å².